The Morgan fingerprint density at radius 2 is 1.94 bits per heavy atom. The van der Waals surface area contributed by atoms with Crippen LogP contribution in [-0.4, -0.2) is 9.78 Å². The minimum absolute atomic E-state index is 0.106. The molecule has 0 radical (unpaired) electrons. The Morgan fingerprint density at radius 3 is 2.44 bits per heavy atom. The van der Waals surface area contributed by atoms with Gasteiger partial charge in [-0.3, -0.25) is 4.68 Å². The van der Waals surface area contributed by atoms with Gasteiger partial charge in [0.1, 0.15) is 11.4 Å². The quantitative estimate of drug-likeness (QED) is 0.704. The van der Waals surface area contributed by atoms with Gasteiger partial charge in [0.2, 0.25) is 0 Å². The number of aromatic nitrogens is 2. The number of hydrogen-bond donors (Lipinski definition) is 0. The van der Waals surface area contributed by atoms with E-state index in [1.165, 1.54) is 0 Å². The normalized spacial score (nSPS) is 28.4. The van der Waals surface area contributed by atoms with Crippen LogP contribution in [0.1, 0.15) is 56.5 Å². The standard InChI is InChI=1S/C12H14F4N2/c1-11(2,3)18-9-7(8(17-18)10(13)14)5-4-6(5)12(9,15)16/h5-6,10H,4H2,1-3H3/t5-,6?/m0/s1. The Bertz CT molecular complexity index is 513. The van der Waals surface area contributed by atoms with Crippen LogP contribution in [-0.2, 0) is 11.5 Å². The summed E-state index contributed by atoms with van der Waals surface area (Å²) in [5, 5.41) is 3.76. The zero-order valence-corrected chi connectivity index (χ0v) is 10.3. The molecule has 0 N–H and O–H groups in total. The molecular weight excluding hydrogens is 248 g/mol. The van der Waals surface area contributed by atoms with E-state index in [0.717, 1.165) is 4.68 Å². The average molecular weight is 262 g/mol. The molecule has 2 aliphatic carbocycles. The van der Waals surface area contributed by atoms with Crippen molar-refractivity contribution in [2.75, 3.05) is 0 Å². The van der Waals surface area contributed by atoms with Crippen molar-refractivity contribution in [3.8, 4) is 0 Å². The SMILES string of the molecule is CC(C)(C)n1nc(C(F)F)c2c1C(F)(F)C1C[C@H]21. The van der Waals surface area contributed by atoms with Crippen molar-refractivity contribution in [3.63, 3.8) is 0 Å². The van der Waals surface area contributed by atoms with Crippen molar-refractivity contribution in [2.24, 2.45) is 5.92 Å². The monoisotopic (exact) mass is 262 g/mol. The minimum atomic E-state index is -3.02. The van der Waals surface area contributed by atoms with Crippen LogP contribution < -0.4 is 0 Å². The van der Waals surface area contributed by atoms with E-state index in [0.29, 0.717) is 6.42 Å². The molecule has 0 bridgehead atoms. The fraction of sp³-hybridized carbons (Fsp3) is 0.750. The van der Waals surface area contributed by atoms with Crippen molar-refractivity contribution >= 4 is 0 Å². The first kappa shape index (κ1) is 12.0. The van der Waals surface area contributed by atoms with Crippen LogP contribution in [0.5, 0.6) is 0 Å². The van der Waals surface area contributed by atoms with Gasteiger partial charge in [-0.15, -0.1) is 0 Å². The van der Waals surface area contributed by atoms with Gasteiger partial charge in [-0.1, -0.05) is 0 Å². The molecule has 2 atom stereocenters. The van der Waals surface area contributed by atoms with Crippen molar-refractivity contribution in [1.29, 1.82) is 0 Å². The third-order valence-electron chi connectivity index (χ3n) is 3.74. The molecule has 2 aliphatic rings. The van der Waals surface area contributed by atoms with Gasteiger partial charge >= 0.3 is 0 Å². The number of rotatable bonds is 1. The largest absolute Gasteiger partial charge is 0.293 e. The highest BCUT2D eigenvalue weighted by molar-refractivity contribution is 5.46. The zero-order chi connectivity index (χ0) is 13.5. The lowest BCUT2D eigenvalue weighted by molar-refractivity contribution is -0.0343. The summed E-state index contributed by atoms with van der Waals surface area (Å²) < 4.78 is 55.3. The van der Waals surface area contributed by atoms with Crippen molar-refractivity contribution < 1.29 is 17.6 Å². The van der Waals surface area contributed by atoms with E-state index in [1.54, 1.807) is 20.8 Å². The molecule has 0 saturated heterocycles. The number of fused-ring (bicyclic) bond motifs is 3. The molecule has 1 unspecified atom stereocenters. The van der Waals surface area contributed by atoms with E-state index >= 15 is 0 Å². The van der Waals surface area contributed by atoms with Crippen molar-refractivity contribution in [3.05, 3.63) is 17.0 Å². The van der Waals surface area contributed by atoms with Gasteiger partial charge in [-0.25, -0.2) is 8.78 Å². The van der Waals surface area contributed by atoms with Gasteiger partial charge in [-0.05, 0) is 33.1 Å². The van der Waals surface area contributed by atoms with Gasteiger partial charge in [0.05, 0.1) is 5.54 Å². The molecule has 0 aromatic carbocycles. The topological polar surface area (TPSA) is 17.8 Å². The van der Waals surface area contributed by atoms with E-state index < -0.39 is 35.4 Å². The molecule has 1 aromatic heterocycles. The Hall–Kier alpha value is -1.07. The molecule has 1 heterocycles. The smallest absolute Gasteiger partial charge is 0.257 e. The Kier molecular flexibility index (Phi) is 2.05. The van der Waals surface area contributed by atoms with Gasteiger partial charge in [0.25, 0.3) is 12.3 Å². The second kappa shape index (κ2) is 3.08. The summed E-state index contributed by atoms with van der Waals surface area (Å²) in [5.41, 5.74) is -1.36. The van der Waals surface area contributed by atoms with Crippen LogP contribution in [0.2, 0.25) is 0 Å². The number of halogens is 4. The maximum absolute atomic E-state index is 14.1. The van der Waals surface area contributed by atoms with Crippen LogP contribution in [0.4, 0.5) is 17.6 Å². The van der Waals surface area contributed by atoms with Crippen LogP contribution in [0, 0.1) is 5.92 Å². The summed E-state index contributed by atoms with van der Waals surface area (Å²) in [4.78, 5) is 0. The molecule has 0 amide bonds. The first-order valence-electron chi connectivity index (χ1n) is 5.95. The van der Waals surface area contributed by atoms with Crippen LogP contribution in [0.3, 0.4) is 0 Å². The molecule has 1 aromatic rings. The summed E-state index contributed by atoms with van der Waals surface area (Å²) >= 11 is 0. The van der Waals surface area contributed by atoms with E-state index in [1.807, 2.05) is 0 Å². The van der Waals surface area contributed by atoms with Gasteiger partial charge in [0, 0.05) is 11.5 Å². The molecule has 2 nitrogen and oxygen atoms in total. The van der Waals surface area contributed by atoms with Crippen molar-refractivity contribution in [1.82, 2.24) is 9.78 Å². The van der Waals surface area contributed by atoms with Crippen molar-refractivity contribution in [2.45, 2.75) is 51.0 Å². The molecule has 0 aliphatic heterocycles. The van der Waals surface area contributed by atoms with Crippen LogP contribution >= 0.6 is 0 Å². The first-order chi connectivity index (χ1) is 8.15. The fourth-order valence-corrected chi connectivity index (χ4v) is 2.87. The Balaban J connectivity index is 2.26. The van der Waals surface area contributed by atoms with E-state index in [-0.39, 0.29) is 11.3 Å². The van der Waals surface area contributed by atoms with E-state index in [4.69, 9.17) is 0 Å². The third-order valence-corrected chi connectivity index (χ3v) is 3.74. The van der Waals surface area contributed by atoms with Gasteiger partial charge in [0.15, 0.2) is 0 Å². The molecular formula is C12H14F4N2. The molecule has 6 heteroatoms. The van der Waals surface area contributed by atoms with Gasteiger partial charge < -0.3 is 0 Å². The van der Waals surface area contributed by atoms with E-state index in [9.17, 15) is 17.6 Å². The average Bonchev–Trinajstić information content (AvgIpc) is 2.82. The highest BCUT2D eigenvalue weighted by Crippen LogP contribution is 2.68. The summed E-state index contributed by atoms with van der Waals surface area (Å²) in [7, 11) is 0. The lowest BCUT2D eigenvalue weighted by Gasteiger charge is -2.25. The lowest BCUT2D eigenvalue weighted by Crippen LogP contribution is -2.30. The third kappa shape index (κ3) is 1.32. The number of nitrogens with zero attached hydrogens (tertiary/aromatic N) is 2. The van der Waals surface area contributed by atoms with Gasteiger partial charge in [-0.2, -0.15) is 13.9 Å². The second-order valence-corrected chi connectivity index (χ2v) is 6.10. The summed E-state index contributed by atoms with van der Waals surface area (Å²) in [6.45, 7) is 5.07. The maximum atomic E-state index is 14.1. The molecule has 100 valence electrons. The molecule has 0 spiro atoms. The highest BCUT2D eigenvalue weighted by Gasteiger charge is 2.67. The Morgan fingerprint density at radius 1 is 1.33 bits per heavy atom. The maximum Gasteiger partial charge on any atom is 0.293 e. The number of hydrogen-bond acceptors (Lipinski definition) is 1. The fourth-order valence-electron chi connectivity index (χ4n) is 2.87. The van der Waals surface area contributed by atoms with Crippen LogP contribution in [0.15, 0.2) is 0 Å². The predicted octanol–water partition coefficient (Wildman–Crippen LogP) is 3.78. The highest BCUT2D eigenvalue weighted by atomic mass is 19.3. The molecule has 3 rings (SSSR count). The molecule has 1 fully saturated rings. The summed E-state index contributed by atoms with van der Waals surface area (Å²) in [6, 6.07) is 0. The van der Waals surface area contributed by atoms with E-state index in [2.05, 4.69) is 5.10 Å². The first-order valence-corrected chi connectivity index (χ1v) is 5.95. The predicted molar refractivity (Wildman–Crippen MR) is 56.9 cm³/mol. The summed E-state index contributed by atoms with van der Waals surface area (Å²) in [6.07, 6.45) is -2.49. The molecule has 1 saturated carbocycles. The Labute approximate surface area is 102 Å². The second-order valence-electron chi connectivity index (χ2n) is 6.10. The lowest BCUT2D eigenvalue weighted by atomic mass is 10.1. The number of alkyl halides is 4. The van der Waals surface area contributed by atoms with Crippen LogP contribution in [0.25, 0.3) is 0 Å². The summed E-state index contributed by atoms with van der Waals surface area (Å²) in [5.74, 6) is -4.24. The molecule has 18 heavy (non-hydrogen) atoms. The zero-order valence-electron chi connectivity index (χ0n) is 10.3. The minimum Gasteiger partial charge on any atom is -0.257 e.